The molecule has 0 aliphatic carbocycles. The van der Waals surface area contributed by atoms with Crippen molar-refractivity contribution in [3.63, 3.8) is 0 Å². The van der Waals surface area contributed by atoms with Crippen LogP contribution in [0.25, 0.3) is 0 Å². The van der Waals surface area contributed by atoms with Gasteiger partial charge in [0.15, 0.2) is 0 Å². The van der Waals surface area contributed by atoms with Crippen LogP contribution in [0, 0.1) is 0 Å². The summed E-state index contributed by atoms with van der Waals surface area (Å²) >= 11 is 0. The fraction of sp³-hybridized carbons (Fsp3) is 0.467. The molecule has 2 aromatic heterocycles. The van der Waals surface area contributed by atoms with Gasteiger partial charge in [-0.15, -0.1) is 0 Å². The second-order valence-corrected chi connectivity index (χ2v) is 5.24. The molecule has 1 saturated heterocycles. The zero-order valence-electron chi connectivity index (χ0n) is 12.7. The van der Waals surface area contributed by atoms with Gasteiger partial charge in [0.05, 0.1) is 25.9 Å². The fourth-order valence-electron chi connectivity index (χ4n) is 2.74. The Balaban J connectivity index is 1.89. The third kappa shape index (κ3) is 2.65. The topological polar surface area (TPSA) is 69.7 Å². The van der Waals surface area contributed by atoms with E-state index in [9.17, 15) is 4.79 Å². The summed E-state index contributed by atoms with van der Waals surface area (Å²) in [5, 5.41) is 3.84. The SMILES string of the molecule is COCc1nocc1C(=O)N1CCOCC1c1cccn1C. The molecular formula is C15H19N3O4. The van der Waals surface area contributed by atoms with Gasteiger partial charge in [0.1, 0.15) is 17.5 Å². The minimum Gasteiger partial charge on any atom is -0.378 e. The molecule has 0 radical (unpaired) electrons. The fourth-order valence-corrected chi connectivity index (χ4v) is 2.74. The maximum absolute atomic E-state index is 12.9. The van der Waals surface area contributed by atoms with Crippen molar-refractivity contribution in [3.05, 3.63) is 41.5 Å². The van der Waals surface area contributed by atoms with Crippen LogP contribution in [0.1, 0.15) is 27.8 Å². The summed E-state index contributed by atoms with van der Waals surface area (Å²) in [7, 11) is 3.52. The zero-order valence-corrected chi connectivity index (χ0v) is 12.7. The summed E-state index contributed by atoms with van der Waals surface area (Å²) in [5.41, 5.74) is 2.00. The molecule has 3 heterocycles. The molecule has 1 unspecified atom stereocenters. The van der Waals surface area contributed by atoms with E-state index in [0.29, 0.717) is 31.0 Å². The van der Waals surface area contributed by atoms with Crippen molar-refractivity contribution in [1.82, 2.24) is 14.6 Å². The van der Waals surface area contributed by atoms with Crippen LogP contribution in [-0.4, -0.2) is 47.4 Å². The maximum Gasteiger partial charge on any atom is 0.259 e. The molecule has 1 aliphatic rings. The van der Waals surface area contributed by atoms with E-state index in [-0.39, 0.29) is 18.6 Å². The van der Waals surface area contributed by atoms with Gasteiger partial charge in [-0.3, -0.25) is 4.79 Å². The van der Waals surface area contributed by atoms with Crippen molar-refractivity contribution in [1.29, 1.82) is 0 Å². The normalized spacial score (nSPS) is 18.6. The van der Waals surface area contributed by atoms with E-state index in [1.54, 1.807) is 7.11 Å². The van der Waals surface area contributed by atoms with E-state index < -0.39 is 0 Å². The number of aryl methyl sites for hydroxylation is 1. The first-order valence-corrected chi connectivity index (χ1v) is 7.14. The highest BCUT2D eigenvalue weighted by Gasteiger charge is 2.32. The second-order valence-electron chi connectivity index (χ2n) is 5.24. The highest BCUT2D eigenvalue weighted by Crippen LogP contribution is 2.26. The summed E-state index contributed by atoms with van der Waals surface area (Å²) in [6.07, 6.45) is 3.34. The Morgan fingerprint density at radius 1 is 1.55 bits per heavy atom. The number of carbonyl (C=O) groups excluding carboxylic acids is 1. The number of nitrogens with zero attached hydrogens (tertiary/aromatic N) is 3. The van der Waals surface area contributed by atoms with Gasteiger partial charge in [0.2, 0.25) is 0 Å². The number of rotatable bonds is 4. The van der Waals surface area contributed by atoms with E-state index >= 15 is 0 Å². The number of hydrogen-bond acceptors (Lipinski definition) is 5. The molecule has 1 amide bonds. The molecule has 1 aliphatic heterocycles. The van der Waals surface area contributed by atoms with Gasteiger partial charge in [-0.1, -0.05) is 5.16 Å². The van der Waals surface area contributed by atoms with E-state index in [2.05, 4.69) is 5.16 Å². The van der Waals surface area contributed by atoms with Gasteiger partial charge in [0, 0.05) is 32.6 Å². The number of aromatic nitrogens is 2. The van der Waals surface area contributed by atoms with Crippen LogP contribution < -0.4 is 0 Å². The Hall–Kier alpha value is -2.12. The highest BCUT2D eigenvalue weighted by molar-refractivity contribution is 5.95. The first kappa shape index (κ1) is 14.8. The zero-order chi connectivity index (χ0) is 15.5. The lowest BCUT2D eigenvalue weighted by atomic mass is 10.1. The van der Waals surface area contributed by atoms with Crippen LogP contribution in [0.2, 0.25) is 0 Å². The molecule has 3 rings (SSSR count). The first-order chi connectivity index (χ1) is 10.7. The van der Waals surface area contributed by atoms with Gasteiger partial charge >= 0.3 is 0 Å². The minimum absolute atomic E-state index is 0.109. The van der Waals surface area contributed by atoms with E-state index in [1.807, 2.05) is 34.8 Å². The number of morpholine rings is 1. The largest absolute Gasteiger partial charge is 0.378 e. The summed E-state index contributed by atoms with van der Waals surface area (Å²) in [5.74, 6) is -0.109. The molecule has 0 N–H and O–H groups in total. The number of hydrogen-bond donors (Lipinski definition) is 0. The lowest BCUT2D eigenvalue weighted by Gasteiger charge is -2.35. The predicted octanol–water partition coefficient (Wildman–Crippen LogP) is 1.37. The van der Waals surface area contributed by atoms with Crippen molar-refractivity contribution in [3.8, 4) is 0 Å². The molecule has 0 bridgehead atoms. The molecule has 0 spiro atoms. The average molecular weight is 305 g/mol. The van der Waals surface area contributed by atoms with Crippen LogP contribution in [0.5, 0.6) is 0 Å². The van der Waals surface area contributed by atoms with Crippen LogP contribution >= 0.6 is 0 Å². The number of methoxy groups -OCH3 is 1. The van der Waals surface area contributed by atoms with Crippen molar-refractivity contribution in [2.45, 2.75) is 12.6 Å². The number of amides is 1. The van der Waals surface area contributed by atoms with Gasteiger partial charge in [-0.2, -0.15) is 0 Å². The Morgan fingerprint density at radius 3 is 3.14 bits per heavy atom. The second kappa shape index (κ2) is 6.33. The van der Waals surface area contributed by atoms with Gasteiger partial charge in [-0.05, 0) is 12.1 Å². The molecule has 2 aromatic rings. The maximum atomic E-state index is 12.9. The van der Waals surface area contributed by atoms with Crippen LogP contribution in [0.3, 0.4) is 0 Å². The number of carbonyl (C=O) groups is 1. The third-order valence-electron chi connectivity index (χ3n) is 3.87. The lowest BCUT2D eigenvalue weighted by Crippen LogP contribution is -2.44. The summed E-state index contributed by atoms with van der Waals surface area (Å²) in [4.78, 5) is 14.7. The third-order valence-corrected chi connectivity index (χ3v) is 3.87. The van der Waals surface area contributed by atoms with Crippen molar-refractivity contribution >= 4 is 5.91 Å². The number of ether oxygens (including phenoxy) is 2. The lowest BCUT2D eigenvalue weighted by molar-refractivity contribution is -0.00481. The van der Waals surface area contributed by atoms with Crippen LogP contribution in [-0.2, 0) is 23.1 Å². The Kier molecular flexibility index (Phi) is 4.26. The quantitative estimate of drug-likeness (QED) is 0.853. The summed E-state index contributed by atoms with van der Waals surface area (Å²) < 4.78 is 17.6. The molecule has 7 heteroatoms. The molecule has 1 atom stereocenters. The highest BCUT2D eigenvalue weighted by atomic mass is 16.5. The van der Waals surface area contributed by atoms with Gasteiger partial charge < -0.3 is 23.5 Å². The molecule has 22 heavy (non-hydrogen) atoms. The Morgan fingerprint density at radius 2 is 2.41 bits per heavy atom. The van der Waals surface area contributed by atoms with Crippen LogP contribution in [0.4, 0.5) is 0 Å². The summed E-state index contributed by atoms with van der Waals surface area (Å²) in [6, 6.07) is 3.85. The summed E-state index contributed by atoms with van der Waals surface area (Å²) in [6.45, 7) is 1.79. The van der Waals surface area contributed by atoms with E-state index in [0.717, 1.165) is 5.69 Å². The smallest absolute Gasteiger partial charge is 0.259 e. The van der Waals surface area contributed by atoms with Gasteiger partial charge in [-0.25, -0.2) is 0 Å². The first-order valence-electron chi connectivity index (χ1n) is 7.14. The monoisotopic (exact) mass is 305 g/mol. The van der Waals surface area contributed by atoms with Crippen molar-refractivity contribution in [2.75, 3.05) is 26.9 Å². The van der Waals surface area contributed by atoms with Gasteiger partial charge in [0.25, 0.3) is 5.91 Å². The van der Waals surface area contributed by atoms with Crippen molar-refractivity contribution < 1.29 is 18.8 Å². The molecule has 118 valence electrons. The Bertz CT molecular complexity index is 649. The van der Waals surface area contributed by atoms with Crippen LogP contribution in [0.15, 0.2) is 29.1 Å². The van der Waals surface area contributed by atoms with E-state index in [1.165, 1.54) is 6.26 Å². The van der Waals surface area contributed by atoms with Crippen molar-refractivity contribution in [2.24, 2.45) is 7.05 Å². The molecule has 0 saturated carbocycles. The molecule has 7 nitrogen and oxygen atoms in total. The predicted molar refractivity (Wildman–Crippen MR) is 77.2 cm³/mol. The Labute approximate surface area is 128 Å². The molecular weight excluding hydrogens is 286 g/mol. The standard InChI is InChI=1S/C15H19N3O4/c1-17-5-3-4-13(17)14-10-21-7-6-18(14)15(19)11-8-22-16-12(11)9-20-2/h3-5,8,14H,6-7,9-10H2,1-2H3. The molecule has 1 fully saturated rings. The molecule has 0 aromatic carbocycles. The van der Waals surface area contributed by atoms with E-state index in [4.69, 9.17) is 14.0 Å². The average Bonchev–Trinajstić information content (AvgIpc) is 3.16. The minimum atomic E-state index is -0.119.